The molecule has 10 nitrogen and oxygen atoms in total. The first kappa shape index (κ1) is 26.8. The van der Waals surface area contributed by atoms with Crippen molar-refractivity contribution in [1.82, 2.24) is 9.13 Å². The molecule has 0 aliphatic heterocycles. The number of carbonyl (C=O) groups excluding carboxylic acids is 2. The van der Waals surface area contributed by atoms with Gasteiger partial charge in [-0.05, 0) is 50.2 Å². The van der Waals surface area contributed by atoms with Crippen LogP contribution < -0.4 is 10.4 Å². The van der Waals surface area contributed by atoms with Gasteiger partial charge in [-0.1, -0.05) is 0 Å². The molecule has 36 heavy (non-hydrogen) atoms. The van der Waals surface area contributed by atoms with Crippen LogP contribution in [0.3, 0.4) is 0 Å². The summed E-state index contributed by atoms with van der Waals surface area (Å²) >= 11 is 0. The van der Waals surface area contributed by atoms with Crippen LogP contribution in [0.15, 0.2) is 46.1 Å². The van der Waals surface area contributed by atoms with Crippen molar-refractivity contribution in [3.63, 3.8) is 0 Å². The lowest BCUT2D eigenvalue weighted by atomic mass is 9.93. The second-order valence-electron chi connectivity index (χ2n) is 8.21. The zero-order valence-corrected chi connectivity index (χ0v) is 20.3. The summed E-state index contributed by atoms with van der Waals surface area (Å²) in [7, 11) is -1.38. The molecule has 0 radical (unpaired) electrons. The second kappa shape index (κ2) is 9.33. The average molecular weight is 529 g/mol. The first-order valence-corrected chi connectivity index (χ1v) is 11.9. The summed E-state index contributed by atoms with van der Waals surface area (Å²) in [5.74, 6) is -7.47. The summed E-state index contributed by atoms with van der Waals surface area (Å²) in [4.78, 5) is 36.3. The van der Waals surface area contributed by atoms with Crippen molar-refractivity contribution in [1.29, 1.82) is 0 Å². The molecule has 0 saturated carbocycles. The molecule has 0 saturated heterocycles. The number of rotatable bonds is 7. The lowest BCUT2D eigenvalue weighted by Gasteiger charge is -2.20. The summed E-state index contributed by atoms with van der Waals surface area (Å²) in [6.45, 7) is 2.72. The minimum absolute atomic E-state index is 0.270. The van der Waals surface area contributed by atoms with E-state index >= 15 is 0 Å². The lowest BCUT2D eigenvalue weighted by Crippen LogP contribution is -2.35. The summed E-state index contributed by atoms with van der Waals surface area (Å²) in [6, 6.07) is 6.50. The third-order valence-electron chi connectivity index (χ3n) is 5.27. The molecule has 2 aromatic carbocycles. The molecule has 3 rings (SSSR count). The number of nitrogens with one attached hydrogen (secondary N) is 1. The number of aromatic nitrogens is 2. The third-order valence-corrected chi connectivity index (χ3v) is 6.65. The van der Waals surface area contributed by atoms with Crippen molar-refractivity contribution >= 4 is 38.5 Å². The van der Waals surface area contributed by atoms with E-state index < -0.39 is 51.3 Å². The fraction of sp³-hybridized carbons (Fsp3) is 0.318. The van der Waals surface area contributed by atoms with Gasteiger partial charge in [-0.2, -0.15) is 13.2 Å². The number of ether oxygens (including phenoxy) is 1. The van der Waals surface area contributed by atoms with Gasteiger partial charge in [0.05, 0.1) is 22.0 Å². The van der Waals surface area contributed by atoms with Crippen LogP contribution in [0, 0.1) is 0 Å². The Labute approximate surface area is 203 Å². The molecule has 2 N–H and O–H groups in total. The number of sulfonamides is 1. The van der Waals surface area contributed by atoms with Crippen molar-refractivity contribution in [3.05, 3.63) is 52.4 Å². The number of nitrogens with zero attached hydrogens (tertiary/aromatic N) is 2. The SMILES string of the molecule is CC(C)OC(=O)[C@H](C(=O)C(F)(F)F)c1cc(NS(=O)(=O)c2ccc3c(c2)n(C)c(=O)n3C)ccc1O. The smallest absolute Gasteiger partial charge is 0.451 e. The number of phenolic OH excluding ortho intramolecular Hbond substituents is 1. The summed E-state index contributed by atoms with van der Waals surface area (Å²) < 4.78 is 75.1. The number of aromatic hydroxyl groups is 1. The van der Waals surface area contributed by atoms with Gasteiger partial charge in [-0.15, -0.1) is 0 Å². The molecule has 0 fully saturated rings. The van der Waals surface area contributed by atoms with Gasteiger partial charge in [0.25, 0.3) is 15.8 Å². The van der Waals surface area contributed by atoms with Gasteiger partial charge < -0.3 is 9.84 Å². The third kappa shape index (κ3) is 5.08. The molecule has 0 spiro atoms. The number of esters is 1. The number of ketones is 1. The minimum atomic E-state index is -5.44. The number of anilines is 1. The molecule has 1 aromatic heterocycles. The predicted molar refractivity (Wildman–Crippen MR) is 122 cm³/mol. The molecule has 0 amide bonds. The van der Waals surface area contributed by atoms with Gasteiger partial charge in [0.1, 0.15) is 5.75 Å². The van der Waals surface area contributed by atoms with E-state index in [4.69, 9.17) is 4.74 Å². The number of phenols is 1. The quantitative estimate of drug-likeness (QED) is 0.273. The first-order chi connectivity index (χ1) is 16.5. The number of aryl methyl sites for hydroxylation is 2. The fourth-order valence-electron chi connectivity index (χ4n) is 3.56. The number of hydrogen-bond acceptors (Lipinski definition) is 7. The van der Waals surface area contributed by atoms with Crippen molar-refractivity contribution in [3.8, 4) is 5.75 Å². The number of benzene rings is 2. The zero-order chi connectivity index (χ0) is 27.2. The average Bonchev–Trinajstić information content (AvgIpc) is 2.98. The molecule has 1 atom stereocenters. The van der Waals surface area contributed by atoms with Gasteiger partial charge in [-0.25, -0.2) is 13.2 Å². The number of alkyl halides is 3. The van der Waals surface area contributed by atoms with Gasteiger partial charge >= 0.3 is 17.8 Å². The van der Waals surface area contributed by atoms with Crippen LogP contribution in [0.2, 0.25) is 0 Å². The topological polar surface area (TPSA) is 137 Å². The van der Waals surface area contributed by atoms with E-state index in [1.165, 1.54) is 55.3 Å². The lowest BCUT2D eigenvalue weighted by molar-refractivity contribution is -0.178. The van der Waals surface area contributed by atoms with Crippen LogP contribution >= 0.6 is 0 Å². The van der Waals surface area contributed by atoms with E-state index in [0.717, 1.165) is 18.2 Å². The highest BCUT2D eigenvalue weighted by molar-refractivity contribution is 7.92. The van der Waals surface area contributed by atoms with Crippen molar-refractivity contribution < 1.29 is 41.0 Å². The summed E-state index contributed by atoms with van der Waals surface area (Å²) in [6.07, 6.45) is -6.31. The number of hydrogen-bond donors (Lipinski definition) is 2. The highest BCUT2D eigenvalue weighted by atomic mass is 32.2. The number of fused-ring (bicyclic) bond motifs is 1. The van der Waals surface area contributed by atoms with E-state index in [2.05, 4.69) is 4.72 Å². The van der Waals surface area contributed by atoms with Crippen LogP contribution in [0.5, 0.6) is 5.75 Å². The zero-order valence-electron chi connectivity index (χ0n) is 19.5. The highest BCUT2D eigenvalue weighted by Gasteiger charge is 2.48. The Bertz CT molecular complexity index is 1520. The Hall–Kier alpha value is -3.81. The van der Waals surface area contributed by atoms with Crippen LogP contribution in [-0.2, 0) is 38.4 Å². The Balaban J connectivity index is 2.05. The maximum Gasteiger partial charge on any atom is 0.451 e. The van der Waals surface area contributed by atoms with E-state index in [1.807, 2.05) is 0 Å². The molecule has 0 unspecified atom stereocenters. The summed E-state index contributed by atoms with van der Waals surface area (Å²) in [5, 5.41) is 10.2. The number of imidazole rings is 1. The molecule has 1 heterocycles. The molecular formula is C22H22F3N3O7S. The first-order valence-electron chi connectivity index (χ1n) is 10.4. The summed E-state index contributed by atoms with van der Waals surface area (Å²) in [5.41, 5.74) is -0.731. The normalized spacial score (nSPS) is 13.1. The number of carbonyl (C=O) groups is 2. The van der Waals surface area contributed by atoms with Crippen molar-refractivity contribution in [2.45, 2.75) is 36.9 Å². The number of halogens is 3. The monoisotopic (exact) mass is 529 g/mol. The van der Waals surface area contributed by atoms with E-state index in [0.29, 0.717) is 11.0 Å². The Morgan fingerprint density at radius 2 is 1.64 bits per heavy atom. The Morgan fingerprint density at radius 3 is 2.22 bits per heavy atom. The van der Waals surface area contributed by atoms with Gasteiger partial charge in [0.2, 0.25) is 0 Å². The van der Waals surface area contributed by atoms with Crippen LogP contribution in [0.25, 0.3) is 11.0 Å². The molecule has 3 aromatic rings. The molecule has 0 aliphatic rings. The Kier molecular flexibility index (Phi) is 6.94. The predicted octanol–water partition coefficient (Wildman–Crippen LogP) is 2.55. The van der Waals surface area contributed by atoms with E-state index in [-0.39, 0.29) is 16.3 Å². The minimum Gasteiger partial charge on any atom is -0.508 e. The molecule has 0 aliphatic carbocycles. The van der Waals surface area contributed by atoms with Crippen LogP contribution in [0.1, 0.15) is 25.3 Å². The van der Waals surface area contributed by atoms with Gasteiger partial charge in [0.15, 0.2) is 5.92 Å². The van der Waals surface area contributed by atoms with Gasteiger partial charge in [0, 0.05) is 25.3 Å². The van der Waals surface area contributed by atoms with E-state index in [9.17, 15) is 41.1 Å². The number of Topliss-reactive ketones (excluding diaryl/α,β-unsaturated/α-hetero) is 1. The Morgan fingerprint density at radius 1 is 1.03 bits per heavy atom. The molecule has 0 bridgehead atoms. The largest absolute Gasteiger partial charge is 0.508 e. The van der Waals surface area contributed by atoms with E-state index in [1.54, 1.807) is 0 Å². The highest BCUT2D eigenvalue weighted by Crippen LogP contribution is 2.36. The van der Waals surface area contributed by atoms with Crippen molar-refractivity contribution in [2.75, 3.05) is 4.72 Å². The van der Waals surface area contributed by atoms with Crippen LogP contribution in [0.4, 0.5) is 18.9 Å². The standard InChI is InChI=1S/C22H22F3N3O7S/c1-11(2)35-20(31)18(19(30)22(23,24)25)14-9-12(5-8-17(14)29)26-36(33,34)13-6-7-15-16(10-13)28(4)21(32)27(15)3/h5-11,18,26,29H,1-4H3/t18-/m0/s1. The molecule has 14 heteroatoms. The fourth-order valence-corrected chi connectivity index (χ4v) is 4.63. The molecule has 194 valence electrons. The maximum absolute atomic E-state index is 13.2. The maximum atomic E-state index is 13.2. The molecular weight excluding hydrogens is 507 g/mol. The van der Waals surface area contributed by atoms with Crippen molar-refractivity contribution in [2.24, 2.45) is 14.1 Å². The van der Waals surface area contributed by atoms with Gasteiger partial charge in [-0.3, -0.25) is 23.4 Å². The van der Waals surface area contributed by atoms with Crippen LogP contribution in [-0.4, -0.2) is 46.7 Å². The second-order valence-corrected chi connectivity index (χ2v) is 9.89.